The first-order chi connectivity index (χ1) is 14.9. The molecule has 4 aromatic rings. The Morgan fingerprint density at radius 3 is 2.84 bits per heavy atom. The van der Waals surface area contributed by atoms with Crippen LogP contribution in [-0.2, 0) is 0 Å². The van der Waals surface area contributed by atoms with Crippen LogP contribution in [0, 0.1) is 13.8 Å². The third kappa shape index (κ3) is 3.51. The Kier molecular flexibility index (Phi) is 4.82. The van der Waals surface area contributed by atoms with Gasteiger partial charge in [0.1, 0.15) is 16.3 Å². The minimum atomic E-state index is -2.97. The Morgan fingerprint density at radius 1 is 1.23 bits per heavy atom. The van der Waals surface area contributed by atoms with E-state index >= 15 is 0 Å². The number of ether oxygens (including phenoxy) is 3. The van der Waals surface area contributed by atoms with Crippen molar-refractivity contribution in [1.29, 1.82) is 0 Å². The van der Waals surface area contributed by atoms with Gasteiger partial charge in [0.15, 0.2) is 17.6 Å². The Morgan fingerprint density at radius 2 is 2.06 bits per heavy atom. The van der Waals surface area contributed by atoms with Crippen molar-refractivity contribution in [2.24, 2.45) is 0 Å². The number of aliphatic hydroxyl groups excluding tert-OH is 1. The minimum Gasteiger partial charge on any atom is -0.484 e. The summed E-state index contributed by atoms with van der Waals surface area (Å²) in [5.74, 6) is 0.940. The van der Waals surface area contributed by atoms with E-state index in [0.29, 0.717) is 27.5 Å². The summed E-state index contributed by atoms with van der Waals surface area (Å²) in [6.45, 7) is 0.968. The van der Waals surface area contributed by atoms with Crippen LogP contribution in [0.4, 0.5) is 8.78 Å². The summed E-state index contributed by atoms with van der Waals surface area (Å²) in [6, 6.07) is 5.55. The van der Waals surface area contributed by atoms with Crippen LogP contribution in [0.2, 0.25) is 0 Å². The van der Waals surface area contributed by atoms with Gasteiger partial charge >= 0.3 is 6.61 Å². The number of rotatable bonds is 4. The standard InChI is InChI=1S/C21H17F2N3O4S/c1-9-3-12(17-13(4-9)25-15(6-24-17)30-21(22)23)20-26-16-10(2)5-14-18(19(16)31-20)28-8-11(7-27)29-14/h3-6,11,21,27H,7-8H2,1-2H3. The monoisotopic (exact) mass is 445 g/mol. The van der Waals surface area contributed by atoms with Crippen LogP contribution in [0.5, 0.6) is 17.4 Å². The number of nitrogens with zero attached hydrogens (tertiary/aromatic N) is 3. The number of aliphatic hydroxyl groups is 1. The zero-order valence-corrected chi connectivity index (χ0v) is 17.4. The summed E-state index contributed by atoms with van der Waals surface area (Å²) >= 11 is 1.43. The van der Waals surface area contributed by atoms with E-state index in [1.807, 2.05) is 26.0 Å². The molecule has 0 amide bonds. The molecule has 1 aliphatic rings. The summed E-state index contributed by atoms with van der Waals surface area (Å²) in [5.41, 5.74) is 4.30. The normalized spacial score (nSPS) is 15.7. The number of aryl methyl sites for hydroxylation is 2. The van der Waals surface area contributed by atoms with Crippen molar-refractivity contribution in [1.82, 2.24) is 15.0 Å². The van der Waals surface area contributed by atoms with E-state index < -0.39 is 12.7 Å². The van der Waals surface area contributed by atoms with Gasteiger partial charge in [-0.1, -0.05) is 0 Å². The maximum absolute atomic E-state index is 12.6. The molecule has 0 saturated carbocycles. The maximum Gasteiger partial charge on any atom is 0.388 e. The molecule has 1 aliphatic heterocycles. The topological polar surface area (TPSA) is 86.6 Å². The molecule has 160 valence electrons. The number of benzene rings is 2. The summed E-state index contributed by atoms with van der Waals surface area (Å²) in [6.07, 6.45) is 0.775. The van der Waals surface area contributed by atoms with Crippen molar-refractivity contribution in [2.45, 2.75) is 26.6 Å². The van der Waals surface area contributed by atoms with Crippen molar-refractivity contribution >= 4 is 32.6 Å². The van der Waals surface area contributed by atoms with Crippen molar-refractivity contribution in [3.63, 3.8) is 0 Å². The molecular weight excluding hydrogens is 428 g/mol. The highest BCUT2D eigenvalue weighted by Crippen LogP contribution is 2.45. The fourth-order valence-electron chi connectivity index (χ4n) is 3.56. The second kappa shape index (κ2) is 7.54. The van der Waals surface area contributed by atoms with Gasteiger partial charge in [-0.05, 0) is 43.2 Å². The van der Waals surface area contributed by atoms with Crippen LogP contribution in [0.15, 0.2) is 24.4 Å². The second-order valence-electron chi connectivity index (χ2n) is 7.22. The van der Waals surface area contributed by atoms with Crippen molar-refractivity contribution in [2.75, 3.05) is 13.2 Å². The van der Waals surface area contributed by atoms with Gasteiger partial charge in [0.25, 0.3) is 0 Å². The van der Waals surface area contributed by atoms with Crippen LogP contribution in [0.3, 0.4) is 0 Å². The Labute approximate surface area is 179 Å². The van der Waals surface area contributed by atoms with E-state index in [0.717, 1.165) is 26.9 Å². The number of thiazole rings is 1. The van der Waals surface area contributed by atoms with E-state index in [4.69, 9.17) is 14.5 Å². The average Bonchev–Trinajstić information content (AvgIpc) is 3.18. The molecule has 5 rings (SSSR count). The van der Waals surface area contributed by atoms with Crippen LogP contribution < -0.4 is 14.2 Å². The third-order valence-corrected chi connectivity index (χ3v) is 5.99. The van der Waals surface area contributed by atoms with E-state index in [1.54, 1.807) is 6.07 Å². The highest BCUT2D eigenvalue weighted by atomic mass is 32.1. The zero-order chi connectivity index (χ0) is 21.7. The summed E-state index contributed by atoms with van der Waals surface area (Å²) in [7, 11) is 0. The van der Waals surface area contributed by atoms with Crippen molar-refractivity contribution in [3.05, 3.63) is 35.5 Å². The van der Waals surface area contributed by atoms with Gasteiger partial charge in [-0.15, -0.1) is 11.3 Å². The molecule has 3 heterocycles. The molecule has 0 spiro atoms. The number of halogens is 2. The van der Waals surface area contributed by atoms with Crippen LogP contribution in [0.25, 0.3) is 31.8 Å². The third-order valence-electron chi connectivity index (χ3n) is 4.90. The molecule has 1 N–H and O–H groups in total. The van der Waals surface area contributed by atoms with Gasteiger partial charge in [0.2, 0.25) is 5.88 Å². The number of alkyl halides is 2. The summed E-state index contributed by atoms with van der Waals surface area (Å²) < 4.78 is 42.0. The van der Waals surface area contributed by atoms with Gasteiger partial charge in [0.05, 0.1) is 29.4 Å². The van der Waals surface area contributed by atoms with Gasteiger partial charge in [0, 0.05) is 5.56 Å². The lowest BCUT2D eigenvalue weighted by molar-refractivity contribution is -0.0528. The smallest absolute Gasteiger partial charge is 0.388 e. The molecule has 31 heavy (non-hydrogen) atoms. The molecule has 0 radical (unpaired) electrons. The van der Waals surface area contributed by atoms with Gasteiger partial charge in [-0.25, -0.2) is 15.0 Å². The molecule has 10 heteroatoms. The first-order valence-electron chi connectivity index (χ1n) is 9.50. The number of hydrogen-bond acceptors (Lipinski definition) is 8. The van der Waals surface area contributed by atoms with E-state index in [9.17, 15) is 13.9 Å². The van der Waals surface area contributed by atoms with Crippen LogP contribution in [0.1, 0.15) is 11.1 Å². The van der Waals surface area contributed by atoms with Crippen molar-refractivity contribution in [3.8, 4) is 28.0 Å². The number of aromatic nitrogens is 3. The number of hydrogen-bond donors (Lipinski definition) is 1. The Balaban J connectivity index is 1.66. The van der Waals surface area contributed by atoms with Gasteiger partial charge in [-0.2, -0.15) is 8.78 Å². The molecule has 1 unspecified atom stereocenters. The molecular formula is C21H17F2N3O4S. The van der Waals surface area contributed by atoms with E-state index in [2.05, 4.69) is 14.7 Å². The summed E-state index contributed by atoms with van der Waals surface area (Å²) in [4.78, 5) is 13.3. The zero-order valence-electron chi connectivity index (χ0n) is 16.6. The second-order valence-corrected chi connectivity index (χ2v) is 8.22. The predicted molar refractivity (Wildman–Crippen MR) is 111 cm³/mol. The van der Waals surface area contributed by atoms with E-state index in [-0.39, 0.29) is 19.1 Å². The first kappa shape index (κ1) is 19.8. The van der Waals surface area contributed by atoms with Crippen LogP contribution >= 0.6 is 11.3 Å². The molecule has 2 aromatic carbocycles. The molecule has 0 saturated heterocycles. The molecule has 0 aliphatic carbocycles. The highest BCUT2D eigenvalue weighted by molar-refractivity contribution is 7.22. The molecule has 2 aromatic heterocycles. The molecule has 7 nitrogen and oxygen atoms in total. The fourth-order valence-corrected chi connectivity index (χ4v) is 4.71. The SMILES string of the molecule is Cc1cc(-c2nc3c(C)cc4c(c3s2)OCC(CO)O4)c2ncc(OC(F)F)nc2c1. The molecule has 0 fully saturated rings. The van der Waals surface area contributed by atoms with Crippen molar-refractivity contribution < 1.29 is 28.1 Å². The number of fused-ring (bicyclic) bond motifs is 4. The molecule has 1 atom stereocenters. The lowest BCUT2D eigenvalue weighted by Crippen LogP contribution is -2.32. The average molecular weight is 445 g/mol. The van der Waals surface area contributed by atoms with Gasteiger partial charge < -0.3 is 19.3 Å². The lowest BCUT2D eigenvalue weighted by Gasteiger charge is -2.25. The van der Waals surface area contributed by atoms with E-state index in [1.165, 1.54) is 17.5 Å². The lowest BCUT2D eigenvalue weighted by atomic mass is 10.1. The highest BCUT2D eigenvalue weighted by Gasteiger charge is 2.26. The maximum atomic E-state index is 12.6. The predicted octanol–water partition coefficient (Wildman–Crippen LogP) is 4.26. The largest absolute Gasteiger partial charge is 0.484 e. The summed E-state index contributed by atoms with van der Waals surface area (Å²) in [5, 5.41) is 10.1. The minimum absolute atomic E-state index is 0.129. The molecule has 0 bridgehead atoms. The van der Waals surface area contributed by atoms with Crippen LogP contribution in [-0.4, -0.2) is 46.0 Å². The quantitative estimate of drug-likeness (QED) is 0.502. The first-order valence-corrected chi connectivity index (χ1v) is 10.3. The Hall–Kier alpha value is -3.11. The van der Waals surface area contributed by atoms with Gasteiger partial charge in [-0.3, -0.25) is 0 Å². The Bertz CT molecular complexity index is 1310. The fraction of sp³-hybridized carbons (Fsp3) is 0.286.